The van der Waals surface area contributed by atoms with E-state index in [1.807, 2.05) is 36.0 Å². The van der Waals surface area contributed by atoms with Gasteiger partial charge in [-0.25, -0.2) is 0 Å². The Bertz CT molecular complexity index is 835. The zero-order valence-electron chi connectivity index (χ0n) is 12.6. The minimum atomic E-state index is -0.142. The number of thioether (sulfide) groups is 1. The number of rotatable bonds is 3. The molecule has 0 unspecified atom stereocenters. The quantitative estimate of drug-likeness (QED) is 0.485. The monoisotopic (exact) mass is 342 g/mol. The molecule has 3 rings (SSSR count). The average Bonchev–Trinajstić information content (AvgIpc) is 3.04. The van der Waals surface area contributed by atoms with Crippen molar-refractivity contribution in [3.05, 3.63) is 58.8 Å². The van der Waals surface area contributed by atoms with E-state index >= 15 is 0 Å². The molecule has 1 aliphatic rings. The van der Waals surface area contributed by atoms with Crippen LogP contribution in [0.4, 0.5) is 5.69 Å². The van der Waals surface area contributed by atoms with Gasteiger partial charge in [0.1, 0.15) is 0 Å². The Hall–Kier alpha value is -2.18. The summed E-state index contributed by atoms with van der Waals surface area (Å²) in [6.45, 7) is 1.51. The van der Waals surface area contributed by atoms with E-state index < -0.39 is 0 Å². The van der Waals surface area contributed by atoms with E-state index in [0.717, 1.165) is 5.69 Å². The van der Waals surface area contributed by atoms with Crippen molar-refractivity contribution < 1.29 is 9.59 Å². The zero-order chi connectivity index (χ0) is 16.6. The van der Waals surface area contributed by atoms with Crippen molar-refractivity contribution in [2.24, 2.45) is 7.05 Å². The standard InChI is InChI=1S/C17H14N2O2S2/c1-11(20)12-5-7-13(8-6-12)19-16(21)15(23-17(19)22)10-14-4-3-9-18(14)2/h3-10H,1-2H3/b15-10+. The summed E-state index contributed by atoms with van der Waals surface area (Å²) in [6.07, 6.45) is 3.76. The third kappa shape index (κ3) is 3.00. The Balaban J connectivity index is 1.91. The Morgan fingerprint density at radius 1 is 1.22 bits per heavy atom. The van der Waals surface area contributed by atoms with Gasteiger partial charge in [-0.2, -0.15) is 0 Å². The number of carbonyl (C=O) groups is 2. The maximum Gasteiger partial charge on any atom is 0.270 e. The van der Waals surface area contributed by atoms with Crippen LogP contribution < -0.4 is 4.90 Å². The normalized spacial score (nSPS) is 16.4. The fourth-order valence-electron chi connectivity index (χ4n) is 2.29. The van der Waals surface area contributed by atoms with Gasteiger partial charge in [-0.1, -0.05) is 24.0 Å². The third-order valence-corrected chi connectivity index (χ3v) is 4.89. The highest BCUT2D eigenvalue weighted by Gasteiger charge is 2.33. The molecule has 1 saturated heterocycles. The molecule has 6 heteroatoms. The Morgan fingerprint density at radius 3 is 2.48 bits per heavy atom. The number of Topliss-reactive ketones (excluding diaryl/α,β-unsaturated/α-hetero) is 1. The Morgan fingerprint density at radius 2 is 1.91 bits per heavy atom. The summed E-state index contributed by atoms with van der Waals surface area (Å²) in [7, 11) is 1.92. The molecular weight excluding hydrogens is 328 g/mol. The second-order valence-electron chi connectivity index (χ2n) is 5.16. The van der Waals surface area contributed by atoms with Gasteiger partial charge in [-0.3, -0.25) is 14.5 Å². The maximum atomic E-state index is 12.6. The number of ketones is 1. The fourth-order valence-corrected chi connectivity index (χ4v) is 3.58. The lowest BCUT2D eigenvalue weighted by Crippen LogP contribution is -2.27. The number of hydrogen-bond donors (Lipinski definition) is 0. The Labute approximate surface area is 143 Å². The van der Waals surface area contributed by atoms with Crippen molar-refractivity contribution >= 4 is 51.8 Å². The number of benzene rings is 1. The predicted octanol–water partition coefficient (Wildman–Crippen LogP) is 3.63. The van der Waals surface area contributed by atoms with E-state index in [0.29, 0.717) is 20.5 Å². The second kappa shape index (κ2) is 6.14. The topological polar surface area (TPSA) is 42.3 Å². The first-order valence-electron chi connectivity index (χ1n) is 6.97. The molecule has 0 bridgehead atoms. The molecule has 1 fully saturated rings. The highest BCUT2D eigenvalue weighted by atomic mass is 32.2. The van der Waals surface area contributed by atoms with Gasteiger partial charge in [-0.15, -0.1) is 0 Å². The van der Waals surface area contributed by atoms with E-state index in [2.05, 4.69) is 0 Å². The smallest absolute Gasteiger partial charge is 0.270 e. The summed E-state index contributed by atoms with van der Waals surface area (Å²) >= 11 is 6.63. The van der Waals surface area contributed by atoms with Crippen molar-refractivity contribution in [3.8, 4) is 0 Å². The van der Waals surface area contributed by atoms with Crippen LogP contribution in [0, 0.1) is 0 Å². The van der Waals surface area contributed by atoms with Crippen LogP contribution >= 0.6 is 24.0 Å². The summed E-state index contributed by atoms with van der Waals surface area (Å²) in [5.41, 5.74) is 2.23. The van der Waals surface area contributed by atoms with Gasteiger partial charge in [0.15, 0.2) is 10.1 Å². The lowest BCUT2D eigenvalue weighted by molar-refractivity contribution is -0.113. The van der Waals surface area contributed by atoms with Gasteiger partial charge in [0, 0.05) is 24.5 Å². The molecule has 0 N–H and O–H groups in total. The summed E-state index contributed by atoms with van der Waals surface area (Å²) in [5.74, 6) is -0.151. The molecule has 0 spiro atoms. The largest absolute Gasteiger partial charge is 0.351 e. The number of anilines is 1. The molecule has 2 aromatic rings. The number of aromatic nitrogens is 1. The van der Waals surface area contributed by atoms with Crippen molar-refractivity contribution in [2.75, 3.05) is 4.90 Å². The molecule has 116 valence electrons. The van der Waals surface area contributed by atoms with Crippen molar-refractivity contribution in [3.63, 3.8) is 0 Å². The number of thiocarbonyl (C=S) groups is 1. The molecule has 1 aromatic heterocycles. The number of nitrogens with zero attached hydrogens (tertiary/aromatic N) is 2. The number of aryl methyl sites for hydroxylation is 1. The van der Waals surface area contributed by atoms with Crippen LogP contribution in [0.2, 0.25) is 0 Å². The highest BCUT2D eigenvalue weighted by Crippen LogP contribution is 2.36. The van der Waals surface area contributed by atoms with E-state index in [1.54, 1.807) is 24.3 Å². The molecule has 1 amide bonds. The van der Waals surface area contributed by atoms with Crippen LogP contribution in [0.5, 0.6) is 0 Å². The summed E-state index contributed by atoms with van der Waals surface area (Å²) < 4.78 is 2.43. The lowest BCUT2D eigenvalue weighted by Gasteiger charge is -2.14. The molecule has 2 heterocycles. The summed E-state index contributed by atoms with van der Waals surface area (Å²) in [6, 6.07) is 10.8. The molecule has 1 aromatic carbocycles. The predicted molar refractivity (Wildman–Crippen MR) is 97.5 cm³/mol. The number of hydrogen-bond acceptors (Lipinski definition) is 4. The first-order valence-corrected chi connectivity index (χ1v) is 8.20. The maximum absolute atomic E-state index is 12.6. The van der Waals surface area contributed by atoms with E-state index in [4.69, 9.17) is 12.2 Å². The van der Waals surface area contributed by atoms with E-state index in [9.17, 15) is 9.59 Å². The van der Waals surface area contributed by atoms with Gasteiger partial charge in [-0.05, 0) is 49.4 Å². The van der Waals surface area contributed by atoms with Gasteiger partial charge in [0.25, 0.3) is 5.91 Å². The summed E-state index contributed by atoms with van der Waals surface area (Å²) in [5, 5.41) is 0. The first kappa shape index (κ1) is 15.7. The Kier molecular flexibility index (Phi) is 4.19. The molecule has 4 nitrogen and oxygen atoms in total. The molecule has 1 aliphatic heterocycles. The van der Waals surface area contributed by atoms with Gasteiger partial charge in [0.05, 0.1) is 10.6 Å². The summed E-state index contributed by atoms with van der Waals surface area (Å²) in [4.78, 5) is 26.1. The van der Waals surface area contributed by atoms with Crippen LogP contribution in [0.3, 0.4) is 0 Å². The molecule has 0 saturated carbocycles. The van der Waals surface area contributed by atoms with Gasteiger partial charge >= 0.3 is 0 Å². The van der Waals surface area contributed by atoms with Crippen LogP contribution in [-0.4, -0.2) is 20.6 Å². The lowest BCUT2D eigenvalue weighted by atomic mass is 10.1. The van der Waals surface area contributed by atoms with E-state index in [1.165, 1.54) is 23.6 Å². The minimum absolute atomic E-state index is 0.00876. The number of carbonyl (C=O) groups excluding carboxylic acids is 2. The first-order chi connectivity index (χ1) is 11.0. The van der Waals surface area contributed by atoms with Crippen LogP contribution in [0.25, 0.3) is 6.08 Å². The average molecular weight is 342 g/mol. The van der Waals surface area contributed by atoms with Crippen LogP contribution in [0.15, 0.2) is 47.5 Å². The fraction of sp³-hybridized carbons (Fsp3) is 0.118. The van der Waals surface area contributed by atoms with Crippen LogP contribution in [-0.2, 0) is 11.8 Å². The second-order valence-corrected chi connectivity index (χ2v) is 6.84. The van der Waals surface area contributed by atoms with Gasteiger partial charge in [0.2, 0.25) is 0 Å². The molecule has 0 radical (unpaired) electrons. The highest BCUT2D eigenvalue weighted by molar-refractivity contribution is 8.27. The van der Waals surface area contributed by atoms with Crippen molar-refractivity contribution in [2.45, 2.75) is 6.92 Å². The number of amides is 1. The van der Waals surface area contributed by atoms with Gasteiger partial charge < -0.3 is 4.57 Å². The molecule has 23 heavy (non-hydrogen) atoms. The third-order valence-electron chi connectivity index (χ3n) is 3.59. The van der Waals surface area contributed by atoms with Crippen LogP contribution in [0.1, 0.15) is 23.0 Å². The molecule has 0 atom stereocenters. The zero-order valence-corrected chi connectivity index (χ0v) is 14.3. The molecular formula is C17H14N2O2S2. The SMILES string of the molecule is CC(=O)c1ccc(N2C(=O)/C(=C\c3cccn3C)SC2=S)cc1. The van der Waals surface area contributed by atoms with Crippen molar-refractivity contribution in [1.29, 1.82) is 0 Å². The van der Waals surface area contributed by atoms with E-state index in [-0.39, 0.29) is 11.7 Å². The molecule has 0 aliphatic carbocycles. The van der Waals surface area contributed by atoms with Crippen molar-refractivity contribution in [1.82, 2.24) is 4.57 Å². The minimum Gasteiger partial charge on any atom is -0.351 e.